The van der Waals surface area contributed by atoms with Crippen LogP contribution in [0.1, 0.15) is 40.8 Å². The van der Waals surface area contributed by atoms with Crippen LogP contribution >= 0.6 is 0 Å². The highest BCUT2D eigenvalue weighted by molar-refractivity contribution is 6.07. The standard InChI is InChI=1S/C24H23N3O3/c1-15-9-10-19(16(2)12-15)21-25-18(14-30-21)13-27-22(28)24(26-23(27)29)11-5-7-17-6-3-4-8-20(17)24/h3-4,6,8-10,12,14H,5,7,11,13H2,1-2H3,(H,26,29)/t24-/m0/s1. The van der Waals surface area contributed by atoms with Crippen LogP contribution in [0.15, 0.2) is 53.1 Å². The average molecular weight is 401 g/mol. The molecule has 3 amide bonds. The Bertz CT molecular complexity index is 1170. The molecule has 0 radical (unpaired) electrons. The molecule has 6 nitrogen and oxygen atoms in total. The Hall–Kier alpha value is -3.41. The Labute approximate surface area is 174 Å². The summed E-state index contributed by atoms with van der Waals surface area (Å²) in [6.07, 6.45) is 3.91. The van der Waals surface area contributed by atoms with Gasteiger partial charge in [-0.25, -0.2) is 9.78 Å². The van der Waals surface area contributed by atoms with Crippen LogP contribution in [0.25, 0.3) is 11.5 Å². The van der Waals surface area contributed by atoms with E-state index in [1.165, 1.54) is 16.7 Å². The van der Waals surface area contributed by atoms with Crippen LogP contribution in [-0.4, -0.2) is 21.8 Å². The number of amides is 3. The summed E-state index contributed by atoms with van der Waals surface area (Å²) in [6, 6.07) is 13.5. The summed E-state index contributed by atoms with van der Waals surface area (Å²) < 4.78 is 5.66. The van der Waals surface area contributed by atoms with Crippen molar-refractivity contribution in [2.45, 2.75) is 45.2 Å². The molecule has 0 saturated carbocycles. The summed E-state index contributed by atoms with van der Waals surface area (Å²) in [7, 11) is 0. The number of nitrogens with zero attached hydrogens (tertiary/aromatic N) is 2. The maximum Gasteiger partial charge on any atom is 0.325 e. The molecule has 1 fully saturated rings. The van der Waals surface area contributed by atoms with Gasteiger partial charge in [0.15, 0.2) is 0 Å². The van der Waals surface area contributed by atoms with E-state index >= 15 is 0 Å². The molecule has 2 aliphatic rings. The van der Waals surface area contributed by atoms with Crippen molar-refractivity contribution in [3.8, 4) is 11.5 Å². The average Bonchev–Trinajstić information content (AvgIpc) is 3.28. The SMILES string of the molecule is Cc1ccc(-c2nc(CN3C(=O)N[C@]4(CCCc5ccccc54)C3=O)co2)c(C)c1. The molecule has 30 heavy (non-hydrogen) atoms. The van der Waals surface area contributed by atoms with E-state index in [0.29, 0.717) is 18.0 Å². The Kier molecular flexibility index (Phi) is 4.24. The van der Waals surface area contributed by atoms with Gasteiger partial charge >= 0.3 is 6.03 Å². The first-order chi connectivity index (χ1) is 14.5. The minimum atomic E-state index is -0.966. The number of imide groups is 1. The molecular formula is C24H23N3O3. The van der Waals surface area contributed by atoms with E-state index in [4.69, 9.17) is 4.42 Å². The van der Waals surface area contributed by atoms with Crippen molar-refractivity contribution in [3.05, 3.63) is 76.7 Å². The topological polar surface area (TPSA) is 75.4 Å². The van der Waals surface area contributed by atoms with E-state index < -0.39 is 5.54 Å². The molecule has 152 valence electrons. The van der Waals surface area contributed by atoms with Gasteiger partial charge in [0, 0.05) is 5.56 Å². The Morgan fingerprint density at radius 3 is 2.83 bits per heavy atom. The second-order valence-corrected chi connectivity index (χ2v) is 8.20. The first-order valence-electron chi connectivity index (χ1n) is 10.2. The molecular weight excluding hydrogens is 378 g/mol. The summed E-state index contributed by atoms with van der Waals surface area (Å²) in [5.74, 6) is 0.281. The van der Waals surface area contributed by atoms with Gasteiger partial charge in [0.05, 0.1) is 12.2 Å². The molecule has 1 spiro atoms. The van der Waals surface area contributed by atoms with Gasteiger partial charge in [-0.1, -0.05) is 42.0 Å². The van der Waals surface area contributed by atoms with Crippen LogP contribution < -0.4 is 5.32 Å². The van der Waals surface area contributed by atoms with Gasteiger partial charge in [-0.05, 0) is 55.9 Å². The van der Waals surface area contributed by atoms with Gasteiger partial charge in [0.25, 0.3) is 5.91 Å². The quantitative estimate of drug-likeness (QED) is 0.666. The number of benzene rings is 2. The predicted octanol–water partition coefficient (Wildman–Crippen LogP) is 4.24. The Balaban J connectivity index is 1.43. The lowest BCUT2D eigenvalue weighted by atomic mass is 9.76. The molecule has 1 aromatic heterocycles. The molecule has 1 N–H and O–H groups in total. The number of hydrogen-bond acceptors (Lipinski definition) is 4. The zero-order chi connectivity index (χ0) is 20.9. The van der Waals surface area contributed by atoms with Gasteiger partial charge < -0.3 is 9.73 Å². The second kappa shape index (κ2) is 6.83. The van der Waals surface area contributed by atoms with Crippen molar-refractivity contribution < 1.29 is 14.0 Å². The van der Waals surface area contributed by atoms with Gasteiger partial charge in [-0.2, -0.15) is 0 Å². The van der Waals surface area contributed by atoms with Crippen molar-refractivity contribution in [1.29, 1.82) is 0 Å². The number of urea groups is 1. The Morgan fingerprint density at radius 2 is 2.00 bits per heavy atom. The van der Waals surface area contributed by atoms with Crippen LogP contribution in [0.4, 0.5) is 4.79 Å². The molecule has 1 aliphatic heterocycles. The van der Waals surface area contributed by atoms with Crippen molar-refractivity contribution in [2.24, 2.45) is 0 Å². The molecule has 3 aromatic rings. The highest BCUT2D eigenvalue weighted by atomic mass is 16.3. The highest BCUT2D eigenvalue weighted by Gasteiger charge is 2.53. The van der Waals surface area contributed by atoms with Crippen LogP contribution in [0.3, 0.4) is 0 Å². The zero-order valence-corrected chi connectivity index (χ0v) is 17.1. The number of fused-ring (bicyclic) bond motifs is 2. The predicted molar refractivity (Wildman–Crippen MR) is 112 cm³/mol. The van der Waals surface area contributed by atoms with Crippen LogP contribution in [0.2, 0.25) is 0 Å². The lowest BCUT2D eigenvalue weighted by Crippen LogP contribution is -2.46. The third kappa shape index (κ3) is 2.83. The number of hydrogen-bond donors (Lipinski definition) is 1. The van der Waals surface area contributed by atoms with Crippen molar-refractivity contribution in [3.63, 3.8) is 0 Å². The van der Waals surface area contributed by atoms with E-state index in [-0.39, 0.29) is 18.5 Å². The summed E-state index contributed by atoms with van der Waals surface area (Å²) in [6.45, 7) is 4.13. The number of nitrogens with one attached hydrogen (secondary N) is 1. The number of oxazole rings is 1. The smallest absolute Gasteiger partial charge is 0.325 e. The molecule has 0 bridgehead atoms. The lowest BCUT2D eigenvalue weighted by Gasteiger charge is -2.33. The minimum Gasteiger partial charge on any atom is -0.444 e. The van der Waals surface area contributed by atoms with Gasteiger partial charge in [-0.3, -0.25) is 9.69 Å². The molecule has 1 atom stereocenters. The minimum absolute atomic E-state index is 0.0863. The molecule has 6 heteroatoms. The molecule has 1 saturated heterocycles. The third-order valence-electron chi connectivity index (χ3n) is 6.13. The number of carbonyl (C=O) groups excluding carboxylic acids is 2. The molecule has 5 rings (SSSR count). The van der Waals surface area contributed by atoms with Crippen molar-refractivity contribution >= 4 is 11.9 Å². The van der Waals surface area contributed by atoms with Crippen molar-refractivity contribution in [1.82, 2.24) is 15.2 Å². The van der Waals surface area contributed by atoms with Crippen LogP contribution in [-0.2, 0) is 23.3 Å². The first-order valence-corrected chi connectivity index (χ1v) is 10.2. The summed E-state index contributed by atoms with van der Waals surface area (Å²) in [5, 5.41) is 2.98. The molecule has 1 aliphatic carbocycles. The maximum absolute atomic E-state index is 13.4. The molecule has 0 unspecified atom stereocenters. The van der Waals surface area contributed by atoms with Crippen LogP contribution in [0.5, 0.6) is 0 Å². The molecule has 2 aromatic carbocycles. The van der Waals surface area contributed by atoms with Crippen LogP contribution in [0, 0.1) is 13.8 Å². The van der Waals surface area contributed by atoms with E-state index in [1.807, 2.05) is 50.2 Å². The number of rotatable bonds is 3. The third-order valence-corrected chi connectivity index (χ3v) is 6.13. The van der Waals surface area contributed by atoms with E-state index in [9.17, 15) is 9.59 Å². The maximum atomic E-state index is 13.4. The summed E-state index contributed by atoms with van der Waals surface area (Å²) in [5.41, 5.74) is 4.76. The number of carbonyl (C=O) groups is 2. The molecule has 2 heterocycles. The normalized spacial score (nSPS) is 20.5. The van der Waals surface area contributed by atoms with Gasteiger partial charge in [0.2, 0.25) is 5.89 Å². The first kappa shape index (κ1) is 18.6. The monoisotopic (exact) mass is 401 g/mol. The Morgan fingerprint density at radius 1 is 1.17 bits per heavy atom. The van der Waals surface area contributed by atoms with E-state index in [1.54, 1.807) is 0 Å². The number of aromatic nitrogens is 1. The fourth-order valence-corrected chi connectivity index (χ4v) is 4.67. The highest BCUT2D eigenvalue weighted by Crippen LogP contribution is 2.40. The fraction of sp³-hybridized carbons (Fsp3) is 0.292. The summed E-state index contributed by atoms with van der Waals surface area (Å²) >= 11 is 0. The van der Waals surface area contributed by atoms with Gasteiger partial charge in [0.1, 0.15) is 11.8 Å². The van der Waals surface area contributed by atoms with E-state index in [0.717, 1.165) is 35.1 Å². The number of aryl methyl sites for hydroxylation is 3. The second-order valence-electron chi connectivity index (χ2n) is 8.20. The largest absolute Gasteiger partial charge is 0.444 e. The lowest BCUT2D eigenvalue weighted by molar-refractivity contribution is -0.132. The summed E-state index contributed by atoms with van der Waals surface area (Å²) in [4.78, 5) is 32.0. The van der Waals surface area contributed by atoms with E-state index in [2.05, 4.69) is 16.4 Å². The zero-order valence-electron chi connectivity index (χ0n) is 17.1. The fourth-order valence-electron chi connectivity index (χ4n) is 4.67. The van der Waals surface area contributed by atoms with Gasteiger partial charge in [-0.15, -0.1) is 0 Å². The van der Waals surface area contributed by atoms with Crippen molar-refractivity contribution in [2.75, 3.05) is 0 Å².